The first-order valence-corrected chi connectivity index (χ1v) is 8.87. The number of nitrogens with zero attached hydrogens (tertiary/aromatic N) is 1. The summed E-state index contributed by atoms with van der Waals surface area (Å²) in [6.07, 6.45) is 3.01. The average molecular weight is 353 g/mol. The highest BCUT2D eigenvalue weighted by molar-refractivity contribution is 5.92. The number of para-hydroxylation sites is 2. The first kappa shape index (κ1) is 16.6. The topological polar surface area (TPSA) is 66.9 Å². The number of rotatable bonds is 3. The highest BCUT2D eigenvalue weighted by Crippen LogP contribution is 2.33. The maximum absolute atomic E-state index is 13.0. The number of hydrogen-bond acceptors (Lipinski definition) is 2. The Balaban J connectivity index is 1.43. The normalized spacial score (nSPS) is 20.2. The van der Waals surface area contributed by atoms with E-state index >= 15 is 0 Å². The molecule has 0 saturated heterocycles. The number of hydrogen-bond donors (Lipinski definition) is 2. The van der Waals surface area contributed by atoms with E-state index in [4.69, 9.17) is 0 Å². The first-order chi connectivity index (χ1) is 12.6. The van der Waals surface area contributed by atoms with E-state index in [1.165, 1.54) is 12.1 Å². The number of carbonyl (C=O) groups excluding carboxylic acids is 1. The van der Waals surface area contributed by atoms with Crippen molar-refractivity contribution in [2.45, 2.75) is 31.7 Å². The quantitative estimate of drug-likeness (QED) is 0.751. The van der Waals surface area contributed by atoms with E-state index in [-0.39, 0.29) is 29.4 Å². The largest absolute Gasteiger partial charge is 0.326 e. The van der Waals surface area contributed by atoms with Gasteiger partial charge in [0, 0.05) is 17.6 Å². The van der Waals surface area contributed by atoms with Crippen LogP contribution in [-0.4, -0.2) is 15.5 Å². The molecule has 6 heteroatoms. The average Bonchev–Trinajstić information content (AvgIpc) is 2.99. The Morgan fingerprint density at radius 3 is 2.46 bits per heavy atom. The number of imidazole rings is 1. The smallest absolute Gasteiger partial charge is 0.326 e. The first-order valence-electron chi connectivity index (χ1n) is 8.87. The van der Waals surface area contributed by atoms with Gasteiger partial charge in [0.1, 0.15) is 5.82 Å². The highest BCUT2D eigenvalue weighted by Gasteiger charge is 2.28. The van der Waals surface area contributed by atoms with Crippen LogP contribution in [0.25, 0.3) is 11.0 Å². The maximum atomic E-state index is 13.0. The standard InChI is InChI=1S/C20H20FN3O2/c21-14-7-9-15(10-8-14)22-19(25)13-5-11-16(12-6-13)24-18-4-2-1-3-17(18)23-20(24)26/h1-4,7-10,13,16H,5-6,11-12H2,(H,22,25)(H,23,26). The number of anilines is 1. The zero-order chi connectivity index (χ0) is 18.1. The van der Waals surface area contributed by atoms with Gasteiger partial charge in [-0.3, -0.25) is 9.36 Å². The second kappa shape index (κ2) is 6.78. The molecule has 0 spiro atoms. The van der Waals surface area contributed by atoms with E-state index in [0.717, 1.165) is 36.7 Å². The van der Waals surface area contributed by atoms with E-state index in [2.05, 4.69) is 10.3 Å². The molecule has 1 heterocycles. The summed E-state index contributed by atoms with van der Waals surface area (Å²) in [6, 6.07) is 13.6. The van der Waals surface area contributed by atoms with Crippen LogP contribution in [0.1, 0.15) is 31.7 Å². The summed E-state index contributed by atoms with van der Waals surface area (Å²) in [5.41, 5.74) is 2.27. The van der Waals surface area contributed by atoms with E-state index < -0.39 is 0 Å². The Morgan fingerprint density at radius 2 is 1.73 bits per heavy atom. The molecule has 0 unspecified atom stereocenters. The number of fused-ring (bicyclic) bond motifs is 1. The van der Waals surface area contributed by atoms with Crippen molar-refractivity contribution in [2.75, 3.05) is 5.32 Å². The van der Waals surface area contributed by atoms with Crippen LogP contribution >= 0.6 is 0 Å². The molecule has 1 amide bonds. The fourth-order valence-corrected chi connectivity index (χ4v) is 3.81. The van der Waals surface area contributed by atoms with Crippen molar-refractivity contribution in [2.24, 2.45) is 5.92 Å². The van der Waals surface area contributed by atoms with Gasteiger partial charge in [-0.15, -0.1) is 0 Å². The lowest BCUT2D eigenvalue weighted by atomic mass is 9.85. The molecule has 134 valence electrons. The predicted octanol–water partition coefficient (Wildman–Crippen LogP) is 3.84. The van der Waals surface area contributed by atoms with Crippen molar-refractivity contribution in [1.82, 2.24) is 9.55 Å². The van der Waals surface area contributed by atoms with Gasteiger partial charge in [0.25, 0.3) is 0 Å². The molecule has 0 radical (unpaired) electrons. The second-order valence-electron chi connectivity index (χ2n) is 6.82. The minimum atomic E-state index is -0.326. The monoisotopic (exact) mass is 353 g/mol. The molecule has 3 aromatic rings. The lowest BCUT2D eigenvalue weighted by Gasteiger charge is -2.28. The minimum Gasteiger partial charge on any atom is -0.326 e. The van der Waals surface area contributed by atoms with Gasteiger partial charge in [0.2, 0.25) is 5.91 Å². The summed E-state index contributed by atoms with van der Waals surface area (Å²) >= 11 is 0. The third-order valence-electron chi connectivity index (χ3n) is 5.17. The van der Waals surface area contributed by atoms with Crippen LogP contribution in [0.4, 0.5) is 10.1 Å². The van der Waals surface area contributed by atoms with Crippen LogP contribution in [0, 0.1) is 11.7 Å². The van der Waals surface area contributed by atoms with Crippen molar-refractivity contribution < 1.29 is 9.18 Å². The molecule has 0 bridgehead atoms. The van der Waals surface area contributed by atoms with Crippen LogP contribution in [0.15, 0.2) is 53.3 Å². The Bertz CT molecular complexity index is 982. The molecule has 2 N–H and O–H groups in total. The molecule has 1 aromatic heterocycles. The Morgan fingerprint density at radius 1 is 1.04 bits per heavy atom. The van der Waals surface area contributed by atoms with Crippen LogP contribution in [-0.2, 0) is 4.79 Å². The zero-order valence-electron chi connectivity index (χ0n) is 14.2. The molecule has 26 heavy (non-hydrogen) atoms. The van der Waals surface area contributed by atoms with Crippen molar-refractivity contribution in [1.29, 1.82) is 0 Å². The van der Waals surface area contributed by atoms with Gasteiger partial charge in [-0.25, -0.2) is 9.18 Å². The highest BCUT2D eigenvalue weighted by atomic mass is 19.1. The molecule has 4 rings (SSSR count). The fraction of sp³-hybridized carbons (Fsp3) is 0.300. The maximum Gasteiger partial charge on any atom is 0.326 e. The Kier molecular flexibility index (Phi) is 4.32. The molecule has 2 aromatic carbocycles. The number of carbonyl (C=O) groups is 1. The van der Waals surface area contributed by atoms with E-state index in [9.17, 15) is 14.0 Å². The minimum absolute atomic E-state index is 0.0404. The van der Waals surface area contributed by atoms with Gasteiger partial charge < -0.3 is 10.3 Å². The summed E-state index contributed by atoms with van der Waals surface area (Å²) in [7, 11) is 0. The van der Waals surface area contributed by atoms with Crippen LogP contribution in [0.3, 0.4) is 0 Å². The Hall–Kier alpha value is -2.89. The molecule has 0 atom stereocenters. The molecular weight excluding hydrogens is 333 g/mol. The summed E-state index contributed by atoms with van der Waals surface area (Å²) < 4.78 is 14.8. The van der Waals surface area contributed by atoms with Crippen molar-refractivity contribution >= 4 is 22.6 Å². The number of halogens is 1. The SMILES string of the molecule is O=C(Nc1ccc(F)cc1)C1CCC(n2c(=O)[nH]c3ccccc32)CC1. The third-order valence-corrected chi connectivity index (χ3v) is 5.17. The van der Waals surface area contributed by atoms with E-state index in [1.807, 2.05) is 28.8 Å². The molecule has 1 saturated carbocycles. The Labute approximate surface area is 149 Å². The van der Waals surface area contributed by atoms with Gasteiger partial charge in [0.05, 0.1) is 11.0 Å². The number of benzene rings is 2. The van der Waals surface area contributed by atoms with Gasteiger partial charge >= 0.3 is 5.69 Å². The summed E-state index contributed by atoms with van der Waals surface area (Å²) in [5, 5.41) is 2.85. The molecular formula is C20H20FN3O2. The van der Waals surface area contributed by atoms with Crippen LogP contribution in [0.2, 0.25) is 0 Å². The zero-order valence-corrected chi connectivity index (χ0v) is 14.2. The second-order valence-corrected chi connectivity index (χ2v) is 6.82. The lowest BCUT2D eigenvalue weighted by molar-refractivity contribution is -0.121. The summed E-state index contributed by atoms with van der Waals surface area (Å²) in [4.78, 5) is 27.7. The van der Waals surface area contributed by atoms with Crippen LogP contribution in [0.5, 0.6) is 0 Å². The molecule has 1 fully saturated rings. The van der Waals surface area contributed by atoms with Gasteiger partial charge in [-0.05, 0) is 62.1 Å². The van der Waals surface area contributed by atoms with Crippen molar-refractivity contribution in [3.05, 3.63) is 64.8 Å². The number of nitrogens with one attached hydrogen (secondary N) is 2. The number of aromatic nitrogens is 2. The van der Waals surface area contributed by atoms with E-state index in [1.54, 1.807) is 12.1 Å². The number of H-pyrrole nitrogens is 1. The van der Waals surface area contributed by atoms with Gasteiger partial charge in [-0.2, -0.15) is 0 Å². The fourth-order valence-electron chi connectivity index (χ4n) is 3.81. The van der Waals surface area contributed by atoms with Crippen molar-refractivity contribution in [3.63, 3.8) is 0 Å². The summed E-state index contributed by atoms with van der Waals surface area (Å²) in [5.74, 6) is -0.453. The summed E-state index contributed by atoms with van der Waals surface area (Å²) in [6.45, 7) is 0. The van der Waals surface area contributed by atoms with Crippen LogP contribution < -0.4 is 11.0 Å². The predicted molar refractivity (Wildman–Crippen MR) is 98.6 cm³/mol. The number of aromatic amines is 1. The molecule has 0 aliphatic heterocycles. The molecule has 1 aliphatic carbocycles. The molecule has 5 nitrogen and oxygen atoms in total. The van der Waals surface area contributed by atoms with E-state index in [0.29, 0.717) is 5.69 Å². The van der Waals surface area contributed by atoms with Gasteiger partial charge in [0.15, 0.2) is 0 Å². The lowest BCUT2D eigenvalue weighted by Crippen LogP contribution is -2.31. The number of amides is 1. The third kappa shape index (κ3) is 3.14. The van der Waals surface area contributed by atoms with Gasteiger partial charge in [-0.1, -0.05) is 12.1 Å². The van der Waals surface area contributed by atoms with Crippen molar-refractivity contribution in [3.8, 4) is 0 Å². The molecule has 1 aliphatic rings.